The van der Waals surface area contributed by atoms with Gasteiger partial charge in [-0.1, -0.05) is 18.2 Å². The third kappa shape index (κ3) is 7.02. The third-order valence-corrected chi connectivity index (χ3v) is 1.23. The van der Waals surface area contributed by atoms with Crippen molar-refractivity contribution in [1.29, 1.82) is 0 Å². The molecule has 0 saturated carbocycles. The second kappa shape index (κ2) is 8.01. The Hall–Kier alpha value is -1.09. The van der Waals surface area contributed by atoms with Crippen molar-refractivity contribution >= 4 is 5.91 Å². The molecule has 0 bridgehead atoms. The number of carbonyl (C=O) groups is 1. The van der Waals surface area contributed by atoms with Crippen LogP contribution in [0, 0.1) is 0 Å². The van der Waals surface area contributed by atoms with Gasteiger partial charge in [0.05, 0.1) is 0 Å². The second-order valence-corrected chi connectivity index (χ2v) is 2.28. The van der Waals surface area contributed by atoms with Crippen LogP contribution in [0.2, 0.25) is 0 Å². The summed E-state index contributed by atoms with van der Waals surface area (Å²) < 4.78 is 0. The molecule has 0 fully saturated rings. The first-order valence-electron chi connectivity index (χ1n) is 4.03. The second-order valence-electron chi connectivity index (χ2n) is 2.28. The van der Waals surface area contributed by atoms with E-state index in [2.05, 4.69) is 10.6 Å². The number of hydrogen-bond acceptors (Lipinski definition) is 2. The zero-order valence-corrected chi connectivity index (χ0v) is 7.63. The van der Waals surface area contributed by atoms with E-state index < -0.39 is 0 Å². The molecule has 0 atom stereocenters. The lowest BCUT2D eigenvalue weighted by Crippen LogP contribution is -2.28. The average Bonchev–Trinajstić information content (AvgIpc) is 2.06. The van der Waals surface area contributed by atoms with Gasteiger partial charge < -0.3 is 10.6 Å². The fourth-order valence-corrected chi connectivity index (χ4v) is 0.624. The molecule has 3 nitrogen and oxygen atoms in total. The first-order valence-corrected chi connectivity index (χ1v) is 4.03. The Labute approximate surface area is 73.5 Å². The van der Waals surface area contributed by atoms with Crippen molar-refractivity contribution in [3.05, 3.63) is 24.3 Å². The van der Waals surface area contributed by atoms with E-state index in [1.165, 1.54) is 6.08 Å². The molecule has 3 heteroatoms. The van der Waals surface area contributed by atoms with Gasteiger partial charge in [0, 0.05) is 19.2 Å². The van der Waals surface area contributed by atoms with Crippen molar-refractivity contribution < 1.29 is 4.79 Å². The standard InChI is InChI=1S/C9H16N2O/c1-3-4-5-6-9(12)11-8-7-10-2/h3-6,10H,7-8H2,1-2H3,(H,11,12). The lowest BCUT2D eigenvalue weighted by atomic mass is 10.4. The predicted molar refractivity (Wildman–Crippen MR) is 50.9 cm³/mol. The highest BCUT2D eigenvalue weighted by molar-refractivity contribution is 5.87. The number of allylic oxidation sites excluding steroid dienone is 3. The third-order valence-electron chi connectivity index (χ3n) is 1.23. The molecular weight excluding hydrogens is 152 g/mol. The van der Waals surface area contributed by atoms with Gasteiger partial charge in [0.25, 0.3) is 0 Å². The first kappa shape index (κ1) is 10.9. The Morgan fingerprint density at radius 2 is 2.08 bits per heavy atom. The van der Waals surface area contributed by atoms with Gasteiger partial charge in [0.15, 0.2) is 0 Å². The minimum atomic E-state index is -0.0525. The zero-order valence-electron chi connectivity index (χ0n) is 7.63. The van der Waals surface area contributed by atoms with Crippen LogP contribution in [-0.2, 0) is 4.79 Å². The molecule has 2 N–H and O–H groups in total. The minimum Gasteiger partial charge on any atom is -0.351 e. The summed E-state index contributed by atoms with van der Waals surface area (Å²) >= 11 is 0. The van der Waals surface area contributed by atoms with E-state index in [-0.39, 0.29) is 5.91 Å². The molecule has 1 amide bonds. The van der Waals surface area contributed by atoms with E-state index in [1.807, 2.05) is 26.1 Å². The van der Waals surface area contributed by atoms with Crippen LogP contribution in [0.25, 0.3) is 0 Å². The van der Waals surface area contributed by atoms with Crippen LogP contribution >= 0.6 is 0 Å². The molecule has 0 aromatic carbocycles. The van der Waals surface area contributed by atoms with Crippen LogP contribution in [0.4, 0.5) is 0 Å². The number of carbonyl (C=O) groups excluding carboxylic acids is 1. The van der Waals surface area contributed by atoms with E-state index in [9.17, 15) is 4.79 Å². The molecule has 0 aromatic rings. The van der Waals surface area contributed by atoms with Gasteiger partial charge in [-0.3, -0.25) is 4.79 Å². The Morgan fingerprint density at radius 3 is 2.67 bits per heavy atom. The van der Waals surface area contributed by atoms with E-state index in [1.54, 1.807) is 6.08 Å². The molecular formula is C9H16N2O. The summed E-state index contributed by atoms with van der Waals surface area (Å²) in [5.74, 6) is -0.0525. The average molecular weight is 168 g/mol. The van der Waals surface area contributed by atoms with Gasteiger partial charge in [-0.05, 0) is 14.0 Å². The fraction of sp³-hybridized carbons (Fsp3) is 0.444. The Balaban J connectivity index is 3.45. The molecule has 0 unspecified atom stereocenters. The molecule has 0 aromatic heterocycles. The van der Waals surface area contributed by atoms with Gasteiger partial charge in [0.2, 0.25) is 5.91 Å². The minimum absolute atomic E-state index is 0.0525. The van der Waals surface area contributed by atoms with Gasteiger partial charge in [-0.15, -0.1) is 0 Å². The molecule has 0 radical (unpaired) electrons. The van der Waals surface area contributed by atoms with Gasteiger partial charge in [0.1, 0.15) is 0 Å². The maximum Gasteiger partial charge on any atom is 0.244 e. The van der Waals surface area contributed by atoms with Crippen molar-refractivity contribution in [2.45, 2.75) is 6.92 Å². The molecule has 0 aliphatic carbocycles. The topological polar surface area (TPSA) is 41.1 Å². The van der Waals surface area contributed by atoms with Crippen molar-refractivity contribution in [3.63, 3.8) is 0 Å². The summed E-state index contributed by atoms with van der Waals surface area (Å²) in [6, 6.07) is 0. The molecule has 0 saturated heterocycles. The van der Waals surface area contributed by atoms with Crippen LogP contribution in [0.5, 0.6) is 0 Å². The monoisotopic (exact) mass is 168 g/mol. The Morgan fingerprint density at radius 1 is 1.33 bits per heavy atom. The van der Waals surface area contributed by atoms with Crippen molar-refractivity contribution in [3.8, 4) is 0 Å². The summed E-state index contributed by atoms with van der Waals surface area (Å²) in [7, 11) is 1.85. The number of rotatable bonds is 5. The van der Waals surface area contributed by atoms with Crippen molar-refractivity contribution in [1.82, 2.24) is 10.6 Å². The molecule has 68 valence electrons. The normalized spacial score (nSPS) is 11.2. The van der Waals surface area contributed by atoms with E-state index in [4.69, 9.17) is 0 Å². The SMILES string of the molecule is CC=CC=CC(=O)NCCNC. The van der Waals surface area contributed by atoms with Crippen molar-refractivity contribution in [2.75, 3.05) is 20.1 Å². The van der Waals surface area contributed by atoms with Gasteiger partial charge >= 0.3 is 0 Å². The molecule has 0 aliphatic heterocycles. The highest BCUT2D eigenvalue weighted by Gasteiger charge is 1.90. The number of amides is 1. The Bertz CT molecular complexity index is 173. The van der Waals surface area contributed by atoms with Crippen LogP contribution in [0.1, 0.15) is 6.92 Å². The molecule has 12 heavy (non-hydrogen) atoms. The van der Waals surface area contributed by atoms with E-state index in [0.717, 1.165) is 6.54 Å². The summed E-state index contributed by atoms with van der Waals surface area (Å²) in [6.07, 6.45) is 6.92. The molecule has 0 heterocycles. The van der Waals surface area contributed by atoms with E-state index in [0.29, 0.717) is 6.54 Å². The number of likely N-dealkylation sites (N-methyl/N-ethyl adjacent to an activating group) is 1. The quantitative estimate of drug-likeness (QED) is 0.355. The maximum absolute atomic E-state index is 10.9. The highest BCUT2D eigenvalue weighted by atomic mass is 16.1. The smallest absolute Gasteiger partial charge is 0.244 e. The molecule has 0 rings (SSSR count). The first-order chi connectivity index (χ1) is 5.81. The highest BCUT2D eigenvalue weighted by Crippen LogP contribution is 1.76. The van der Waals surface area contributed by atoms with Crippen LogP contribution < -0.4 is 10.6 Å². The van der Waals surface area contributed by atoms with Crippen LogP contribution in [0.15, 0.2) is 24.3 Å². The molecule has 0 spiro atoms. The number of nitrogens with one attached hydrogen (secondary N) is 2. The summed E-state index contributed by atoms with van der Waals surface area (Å²) in [5.41, 5.74) is 0. The lowest BCUT2D eigenvalue weighted by molar-refractivity contribution is -0.116. The largest absolute Gasteiger partial charge is 0.351 e. The van der Waals surface area contributed by atoms with Gasteiger partial charge in [-0.2, -0.15) is 0 Å². The molecule has 0 aliphatic rings. The summed E-state index contributed by atoms with van der Waals surface area (Å²) in [5, 5.41) is 5.66. The summed E-state index contributed by atoms with van der Waals surface area (Å²) in [4.78, 5) is 10.9. The van der Waals surface area contributed by atoms with Gasteiger partial charge in [-0.25, -0.2) is 0 Å². The van der Waals surface area contributed by atoms with Crippen LogP contribution in [-0.4, -0.2) is 26.0 Å². The summed E-state index contributed by atoms with van der Waals surface area (Å²) in [6.45, 7) is 3.36. The maximum atomic E-state index is 10.9. The number of hydrogen-bond donors (Lipinski definition) is 2. The lowest BCUT2D eigenvalue weighted by Gasteiger charge is -1.99. The van der Waals surface area contributed by atoms with Crippen molar-refractivity contribution in [2.24, 2.45) is 0 Å². The fourth-order valence-electron chi connectivity index (χ4n) is 0.624. The van der Waals surface area contributed by atoms with Crippen LogP contribution in [0.3, 0.4) is 0 Å². The van der Waals surface area contributed by atoms with E-state index >= 15 is 0 Å². The predicted octanol–water partition coefficient (Wildman–Crippen LogP) is 0.454. The zero-order chi connectivity index (χ0) is 9.23. The Kier molecular flexibility index (Phi) is 7.28.